The van der Waals surface area contributed by atoms with Crippen molar-refractivity contribution in [1.29, 1.82) is 0 Å². The molecule has 0 aliphatic heterocycles. The van der Waals surface area contributed by atoms with Gasteiger partial charge in [-0.15, -0.1) is 11.3 Å². The van der Waals surface area contributed by atoms with Gasteiger partial charge in [0.1, 0.15) is 11.6 Å². The first-order valence-electron chi connectivity index (χ1n) is 11.0. The van der Waals surface area contributed by atoms with Crippen LogP contribution in [0.3, 0.4) is 0 Å². The van der Waals surface area contributed by atoms with Gasteiger partial charge in [0.2, 0.25) is 0 Å². The molecule has 0 aliphatic rings. The van der Waals surface area contributed by atoms with Crippen LogP contribution in [0.4, 0.5) is 4.39 Å². The van der Waals surface area contributed by atoms with Crippen LogP contribution in [0.15, 0.2) is 36.4 Å². The molecule has 1 unspecified atom stereocenters. The standard InChI is InChI=1S/C26H31FO3S/c1-4-5-6-20(26-18(3)23-16-21(27)9-11-24(23)31-26)13-14-30-22-10-7-19(17(2)15-22)8-12-25(28)29/h7,9-11,15-16,20H,4-6,8,12-14H2,1-3H3,(H,28,29). The number of carbonyl (C=O) groups is 1. The van der Waals surface area contributed by atoms with Crippen LogP contribution in [-0.2, 0) is 11.2 Å². The number of halogens is 1. The number of unbranched alkanes of at least 4 members (excludes halogenated alkanes) is 1. The molecule has 3 nitrogen and oxygen atoms in total. The molecule has 1 N–H and O–H groups in total. The van der Waals surface area contributed by atoms with Crippen molar-refractivity contribution in [1.82, 2.24) is 0 Å². The van der Waals surface area contributed by atoms with E-state index in [0.29, 0.717) is 18.9 Å². The average molecular weight is 443 g/mol. The number of carboxylic acids is 1. The van der Waals surface area contributed by atoms with Crippen LogP contribution < -0.4 is 4.74 Å². The summed E-state index contributed by atoms with van der Waals surface area (Å²) in [4.78, 5) is 12.1. The van der Waals surface area contributed by atoms with E-state index in [-0.39, 0.29) is 12.2 Å². The molecule has 1 atom stereocenters. The molecular formula is C26H31FO3S. The number of hydrogen-bond acceptors (Lipinski definition) is 3. The predicted octanol–water partition coefficient (Wildman–Crippen LogP) is 7.42. The Bertz CT molecular complexity index is 1040. The largest absolute Gasteiger partial charge is 0.494 e. The molecule has 0 amide bonds. The minimum absolute atomic E-state index is 0.137. The number of carboxylic acid groups (broad SMARTS) is 1. The lowest BCUT2D eigenvalue weighted by atomic mass is 9.94. The number of hydrogen-bond donors (Lipinski definition) is 1. The van der Waals surface area contributed by atoms with Crippen LogP contribution in [0.2, 0.25) is 0 Å². The molecule has 0 radical (unpaired) electrons. The lowest BCUT2D eigenvalue weighted by Crippen LogP contribution is -2.06. The van der Waals surface area contributed by atoms with E-state index in [0.717, 1.165) is 52.6 Å². The zero-order chi connectivity index (χ0) is 22.4. The highest BCUT2D eigenvalue weighted by molar-refractivity contribution is 7.19. The molecule has 166 valence electrons. The molecule has 5 heteroatoms. The van der Waals surface area contributed by atoms with Crippen LogP contribution in [0.25, 0.3) is 10.1 Å². The zero-order valence-electron chi connectivity index (χ0n) is 18.5. The number of rotatable bonds is 11. The monoisotopic (exact) mass is 442 g/mol. The first kappa shape index (κ1) is 23.3. The summed E-state index contributed by atoms with van der Waals surface area (Å²) in [6, 6.07) is 11.0. The van der Waals surface area contributed by atoms with Gasteiger partial charge >= 0.3 is 5.97 Å². The van der Waals surface area contributed by atoms with E-state index in [2.05, 4.69) is 13.8 Å². The first-order chi connectivity index (χ1) is 14.9. The molecule has 0 fully saturated rings. The average Bonchev–Trinajstić information content (AvgIpc) is 3.05. The van der Waals surface area contributed by atoms with Crippen LogP contribution in [0.1, 0.15) is 66.5 Å². The van der Waals surface area contributed by atoms with Gasteiger partial charge in [-0.25, -0.2) is 4.39 Å². The van der Waals surface area contributed by atoms with Crippen molar-refractivity contribution in [2.24, 2.45) is 0 Å². The summed E-state index contributed by atoms with van der Waals surface area (Å²) in [6.45, 7) is 6.92. The van der Waals surface area contributed by atoms with Gasteiger partial charge in [0.25, 0.3) is 0 Å². The number of ether oxygens (including phenoxy) is 1. The summed E-state index contributed by atoms with van der Waals surface area (Å²) >= 11 is 1.78. The maximum atomic E-state index is 13.7. The van der Waals surface area contributed by atoms with E-state index < -0.39 is 5.97 Å². The summed E-state index contributed by atoms with van der Waals surface area (Å²) < 4.78 is 20.9. The number of aliphatic carboxylic acids is 1. The third-order valence-corrected chi connectivity index (χ3v) is 7.30. The normalized spacial score (nSPS) is 12.3. The van der Waals surface area contributed by atoms with Crippen molar-refractivity contribution in [3.8, 4) is 5.75 Å². The Hall–Kier alpha value is -2.40. The van der Waals surface area contributed by atoms with E-state index >= 15 is 0 Å². The van der Waals surface area contributed by atoms with Gasteiger partial charge in [-0.05, 0) is 91.4 Å². The Morgan fingerprint density at radius 3 is 2.68 bits per heavy atom. The lowest BCUT2D eigenvalue weighted by molar-refractivity contribution is -0.136. The summed E-state index contributed by atoms with van der Waals surface area (Å²) in [6.07, 6.45) is 4.99. The number of thiophene rings is 1. The summed E-state index contributed by atoms with van der Waals surface area (Å²) in [5.41, 5.74) is 3.30. The second-order valence-electron chi connectivity index (χ2n) is 8.19. The molecular weight excluding hydrogens is 411 g/mol. The molecule has 3 aromatic rings. The maximum Gasteiger partial charge on any atom is 0.303 e. The highest BCUT2D eigenvalue weighted by Gasteiger charge is 2.19. The number of fused-ring (bicyclic) bond motifs is 1. The first-order valence-corrected chi connectivity index (χ1v) is 11.8. The lowest BCUT2D eigenvalue weighted by Gasteiger charge is -2.17. The maximum absolute atomic E-state index is 13.7. The van der Waals surface area contributed by atoms with Crippen molar-refractivity contribution in [2.75, 3.05) is 6.61 Å². The van der Waals surface area contributed by atoms with Crippen LogP contribution >= 0.6 is 11.3 Å². The third kappa shape index (κ3) is 6.07. The summed E-state index contributed by atoms with van der Waals surface area (Å²) in [7, 11) is 0. The second kappa shape index (κ2) is 10.8. The van der Waals surface area contributed by atoms with Gasteiger partial charge in [0.05, 0.1) is 6.61 Å². The quantitative estimate of drug-likeness (QED) is 0.336. The van der Waals surface area contributed by atoms with Gasteiger partial charge in [-0.3, -0.25) is 4.79 Å². The molecule has 31 heavy (non-hydrogen) atoms. The van der Waals surface area contributed by atoms with Gasteiger partial charge in [-0.2, -0.15) is 0 Å². The van der Waals surface area contributed by atoms with Crippen molar-refractivity contribution in [3.63, 3.8) is 0 Å². The van der Waals surface area contributed by atoms with E-state index in [1.54, 1.807) is 17.4 Å². The Morgan fingerprint density at radius 2 is 1.97 bits per heavy atom. The molecule has 0 spiro atoms. The third-order valence-electron chi connectivity index (χ3n) is 5.87. The van der Waals surface area contributed by atoms with Gasteiger partial charge in [-0.1, -0.05) is 25.8 Å². The minimum Gasteiger partial charge on any atom is -0.494 e. The van der Waals surface area contributed by atoms with Crippen LogP contribution in [-0.4, -0.2) is 17.7 Å². The Labute approximate surface area is 187 Å². The molecule has 2 aromatic carbocycles. The number of aryl methyl sites for hydroxylation is 3. The molecule has 0 bridgehead atoms. The van der Waals surface area contributed by atoms with Crippen molar-refractivity contribution in [3.05, 3.63) is 63.8 Å². The van der Waals surface area contributed by atoms with Crippen molar-refractivity contribution in [2.45, 2.75) is 65.2 Å². The van der Waals surface area contributed by atoms with E-state index in [4.69, 9.17) is 9.84 Å². The van der Waals surface area contributed by atoms with Gasteiger partial charge in [0.15, 0.2) is 0 Å². The highest BCUT2D eigenvalue weighted by atomic mass is 32.1. The smallest absolute Gasteiger partial charge is 0.303 e. The topological polar surface area (TPSA) is 46.5 Å². The number of benzene rings is 2. The minimum atomic E-state index is -0.780. The summed E-state index contributed by atoms with van der Waals surface area (Å²) in [5.74, 6) is 0.255. The fourth-order valence-electron chi connectivity index (χ4n) is 4.06. The molecule has 1 aromatic heterocycles. The van der Waals surface area contributed by atoms with E-state index in [9.17, 15) is 9.18 Å². The fourth-order valence-corrected chi connectivity index (χ4v) is 5.42. The molecule has 1 heterocycles. The van der Waals surface area contributed by atoms with Crippen LogP contribution in [0.5, 0.6) is 5.75 Å². The SMILES string of the molecule is CCCCC(CCOc1ccc(CCC(=O)O)c(C)c1)c1sc2ccc(F)cc2c1C. The van der Waals surface area contributed by atoms with Crippen molar-refractivity contribution >= 4 is 27.4 Å². The Kier molecular flexibility index (Phi) is 8.08. The molecule has 0 saturated carbocycles. The Balaban J connectivity index is 1.68. The Morgan fingerprint density at radius 1 is 1.16 bits per heavy atom. The summed E-state index contributed by atoms with van der Waals surface area (Å²) in [5, 5.41) is 9.90. The van der Waals surface area contributed by atoms with Gasteiger partial charge in [0, 0.05) is 16.0 Å². The van der Waals surface area contributed by atoms with Gasteiger partial charge < -0.3 is 9.84 Å². The van der Waals surface area contributed by atoms with E-state index in [1.807, 2.05) is 31.2 Å². The molecule has 3 rings (SSSR count). The van der Waals surface area contributed by atoms with Crippen molar-refractivity contribution < 1.29 is 19.0 Å². The molecule has 0 saturated heterocycles. The molecule has 0 aliphatic carbocycles. The predicted molar refractivity (Wildman–Crippen MR) is 126 cm³/mol. The zero-order valence-corrected chi connectivity index (χ0v) is 19.4. The second-order valence-corrected chi connectivity index (χ2v) is 9.27. The highest BCUT2D eigenvalue weighted by Crippen LogP contribution is 2.39. The van der Waals surface area contributed by atoms with Crippen LogP contribution in [0, 0.1) is 19.7 Å². The fraction of sp³-hybridized carbons (Fsp3) is 0.423. The van der Waals surface area contributed by atoms with E-state index in [1.165, 1.54) is 16.5 Å².